The molecular formula is C17H32N4. The molecule has 1 aliphatic heterocycles. The fraction of sp³-hybridized carbons (Fsp3) is 0.824. The van der Waals surface area contributed by atoms with Crippen molar-refractivity contribution in [3.05, 3.63) is 18.0 Å². The van der Waals surface area contributed by atoms with E-state index in [-0.39, 0.29) is 0 Å². The summed E-state index contributed by atoms with van der Waals surface area (Å²) >= 11 is 0. The van der Waals surface area contributed by atoms with E-state index < -0.39 is 0 Å². The van der Waals surface area contributed by atoms with Crippen LogP contribution in [-0.4, -0.2) is 39.9 Å². The second-order valence-corrected chi connectivity index (χ2v) is 6.72. The Morgan fingerprint density at radius 2 is 2.10 bits per heavy atom. The lowest BCUT2D eigenvalue weighted by Gasteiger charge is -2.40. The zero-order chi connectivity index (χ0) is 15.4. The largest absolute Gasteiger partial charge is 0.311 e. The molecule has 4 heteroatoms. The number of nitrogens with zero attached hydrogens (tertiary/aromatic N) is 3. The van der Waals surface area contributed by atoms with Crippen LogP contribution in [0.5, 0.6) is 0 Å². The molecule has 4 nitrogen and oxygen atoms in total. The Balaban J connectivity index is 1.98. The van der Waals surface area contributed by atoms with Crippen molar-refractivity contribution >= 4 is 0 Å². The van der Waals surface area contributed by atoms with E-state index in [1.54, 1.807) is 0 Å². The van der Waals surface area contributed by atoms with Crippen molar-refractivity contribution < 1.29 is 0 Å². The third kappa shape index (κ3) is 4.07. The minimum atomic E-state index is 0.493. The number of piperazine rings is 1. The molecule has 0 saturated carbocycles. The Kier molecular flexibility index (Phi) is 5.82. The van der Waals surface area contributed by atoms with E-state index in [4.69, 9.17) is 5.10 Å². The topological polar surface area (TPSA) is 33.1 Å². The number of hydrogen-bond donors (Lipinski definition) is 1. The first-order chi connectivity index (χ1) is 10.0. The lowest BCUT2D eigenvalue weighted by Crippen LogP contribution is -2.56. The molecule has 1 N–H and O–H groups in total. The van der Waals surface area contributed by atoms with E-state index in [1.165, 1.54) is 12.1 Å². The number of rotatable bonds is 6. The van der Waals surface area contributed by atoms with E-state index in [1.807, 2.05) is 0 Å². The fourth-order valence-electron chi connectivity index (χ4n) is 2.94. The summed E-state index contributed by atoms with van der Waals surface area (Å²) in [5, 5.41) is 8.45. The molecule has 0 bridgehead atoms. The summed E-state index contributed by atoms with van der Waals surface area (Å²) in [6, 6.07) is 3.87. The maximum absolute atomic E-state index is 4.75. The van der Waals surface area contributed by atoms with Gasteiger partial charge in [0.1, 0.15) is 0 Å². The average molecular weight is 292 g/mol. The lowest BCUT2D eigenvalue weighted by molar-refractivity contribution is 0.110. The standard InChI is InChI=1S/C17H32N4/c1-6-13(3)17-12-20(15(5)10-18-17)11-16-8-9-21(19-16)14(4)7-2/h8-9,13-15,17-18H,6-7,10-12H2,1-5H3. The van der Waals surface area contributed by atoms with Crippen LogP contribution in [-0.2, 0) is 6.54 Å². The lowest BCUT2D eigenvalue weighted by atomic mass is 9.95. The summed E-state index contributed by atoms with van der Waals surface area (Å²) in [4.78, 5) is 2.58. The summed E-state index contributed by atoms with van der Waals surface area (Å²) in [5.41, 5.74) is 1.20. The molecule has 2 heterocycles. The van der Waals surface area contributed by atoms with E-state index in [9.17, 15) is 0 Å². The maximum Gasteiger partial charge on any atom is 0.0765 e. The third-order valence-electron chi connectivity index (χ3n) is 5.13. The van der Waals surface area contributed by atoms with Crippen LogP contribution >= 0.6 is 0 Å². The summed E-state index contributed by atoms with van der Waals surface area (Å²) in [5.74, 6) is 0.734. The molecule has 1 fully saturated rings. The summed E-state index contributed by atoms with van der Waals surface area (Å²) in [6.07, 6.45) is 4.49. The SMILES string of the molecule is CCC(C)C1CN(Cc2ccn(C(C)CC)n2)C(C)CN1. The average Bonchev–Trinajstić information content (AvgIpc) is 2.96. The third-order valence-corrected chi connectivity index (χ3v) is 5.13. The number of nitrogens with one attached hydrogen (secondary N) is 1. The summed E-state index contributed by atoms with van der Waals surface area (Å²) < 4.78 is 2.11. The van der Waals surface area contributed by atoms with Crippen LogP contribution in [0.25, 0.3) is 0 Å². The Bertz CT molecular complexity index is 428. The molecule has 1 saturated heterocycles. The molecule has 0 spiro atoms. The van der Waals surface area contributed by atoms with E-state index >= 15 is 0 Å². The van der Waals surface area contributed by atoms with E-state index in [0.717, 1.165) is 32.0 Å². The van der Waals surface area contributed by atoms with Gasteiger partial charge < -0.3 is 5.32 Å². The molecule has 0 aromatic carbocycles. The van der Waals surface area contributed by atoms with Crippen molar-refractivity contribution in [3.63, 3.8) is 0 Å². The molecule has 0 radical (unpaired) electrons. The van der Waals surface area contributed by atoms with Crippen molar-refractivity contribution in [1.82, 2.24) is 20.0 Å². The highest BCUT2D eigenvalue weighted by Gasteiger charge is 2.28. The van der Waals surface area contributed by atoms with Gasteiger partial charge in [0.05, 0.1) is 5.69 Å². The summed E-state index contributed by atoms with van der Waals surface area (Å²) in [6.45, 7) is 14.6. The quantitative estimate of drug-likeness (QED) is 0.875. The molecule has 120 valence electrons. The highest BCUT2D eigenvalue weighted by Crippen LogP contribution is 2.18. The predicted molar refractivity (Wildman–Crippen MR) is 88.3 cm³/mol. The zero-order valence-corrected chi connectivity index (χ0v) is 14.3. The van der Waals surface area contributed by atoms with Gasteiger partial charge in [-0.3, -0.25) is 9.58 Å². The first-order valence-corrected chi connectivity index (χ1v) is 8.56. The molecular weight excluding hydrogens is 260 g/mol. The molecule has 21 heavy (non-hydrogen) atoms. The first-order valence-electron chi connectivity index (χ1n) is 8.56. The van der Waals surface area contributed by atoms with Gasteiger partial charge in [0, 0.05) is 44.0 Å². The molecule has 1 aromatic heterocycles. The van der Waals surface area contributed by atoms with Crippen LogP contribution in [0.4, 0.5) is 0 Å². The molecule has 1 aromatic rings. The smallest absolute Gasteiger partial charge is 0.0765 e. The van der Waals surface area contributed by atoms with Gasteiger partial charge >= 0.3 is 0 Å². The highest BCUT2D eigenvalue weighted by molar-refractivity contribution is 5.01. The van der Waals surface area contributed by atoms with Crippen LogP contribution in [0, 0.1) is 5.92 Å². The van der Waals surface area contributed by atoms with Gasteiger partial charge in [-0.15, -0.1) is 0 Å². The van der Waals surface area contributed by atoms with Crippen LogP contribution < -0.4 is 5.32 Å². The van der Waals surface area contributed by atoms with Crippen molar-refractivity contribution in [2.24, 2.45) is 5.92 Å². The van der Waals surface area contributed by atoms with Gasteiger partial charge in [-0.1, -0.05) is 27.2 Å². The molecule has 2 rings (SSSR count). The molecule has 4 unspecified atom stereocenters. The van der Waals surface area contributed by atoms with Gasteiger partial charge in [-0.05, 0) is 32.3 Å². The van der Waals surface area contributed by atoms with Crippen LogP contribution in [0.15, 0.2) is 12.3 Å². The molecule has 4 atom stereocenters. The predicted octanol–water partition coefficient (Wildman–Crippen LogP) is 3.06. The number of hydrogen-bond acceptors (Lipinski definition) is 3. The van der Waals surface area contributed by atoms with Crippen LogP contribution in [0.3, 0.4) is 0 Å². The van der Waals surface area contributed by atoms with Crippen molar-refractivity contribution in [1.29, 1.82) is 0 Å². The highest BCUT2D eigenvalue weighted by atomic mass is 15.3. The van der Waals surface area contributed by atoms with E-state index in [0.29, 0.717) is 18.1 Å². The second-order valence-electron chi connectivity index (χ2n) is 6.72. The Hall–Kier alpha value is -0.870. The van der Waals surface area contributed by atoms with Crippen molar-refractivity contribution in [2.45, 2.75) is 72.1 Å². The summed E-state index contributed by atoms with van der Waals surface area (Å²) in [7, 11) is 0. The monoisotopic (exact) mass is 292 g/mol. The minimum absolute atomic E-state index is 0.493. The fourth-order valence-corrected chi connectivity index (χ4v) is 2.94. The van der Waals surface area contributed by atoms with Gasteiger partial charge in [0.25, 0.3) is 0 Å². The molecule has 1 aliphatic rings. The Labute approximate surface area is 129 Å². The van der Waals surface area contributed by atoms with Gasteiger partial charge in [0.15, 0.2) is 0 Å². The van der Waals surface area contributed by atoms with Crippen LogP contribution in [0.1, 0.15) is 59.2 Å². The Morgan fingerprint density at radius 1 is 1.33 bits per heavy atom. The van der Waals surface area contributed by atoms with Gasteiger partial charge in [0.2, 0.25) is 0 Å². The van der Waals surface area contributed by atoms with Gasteiger partial charge in [-0.2, -0.15) is 5.10 Å². The number of aromatic nitrogens is 2. The molecule has 0 amide bonds. The normalized spacial score (nSPS) is 26.7. The van der Waals surface area contributed by atoms with E-state index in [2.05, 4.69) is 61.8 Å². The zero-order valence-electron chi connectivity index (χ0n) is 14.3. The Morgan fingerprint density at radius 3 is 2.76 bits per heavy atom. The molecule has 0 aliphatic carbocycles. The second kappa shape index (κ2) is 7.41. The minimum Gasteiger partial charge on any atom is -0.311 e. The first kappa shape index (κ1) is 16.5. The van der Waals surface area contributed by atoms with Gasteiger partial charge in [-0.25, -0.2) is 0 Å². The van der Waals surface area contributed by atoms with Crippen LogP contribution in [0.2, 0.25) is 0 Å². The maximum atomic E-state index is 4.75. The van der Waals surface area contributed by atoms with Crippen molar-refractivity contribution in [3.8, 4) is 0 Å². The van der Waals surface area contributed by atoms with Crippen molar-refractivity contribution in [2.75, 3.05) is 13.1 Å².